The second-order valence-electron chi connectivity index (χ2n) is 15.8. The molecule has 0 spiro atoms. The zero-order chi connectivity index (χ0) is 35.6. The Kier molecular flexibility index (Phi) is 10.2. The van der Waals surface area contributed by atoms with Crippen molar-refractivity contribution in [3.63, 3.8) is 0 Å². The fourth-order valence-electron chi connectivity index (χ4n) is 9.70. The Bertz CT molecular complexity index is 1800. The van der Waals surface area contributed by atoms with Crippen LogP contribution in [0, 0.1) is 5.41 Å². The van der Waals surface area contributed by atoms with Crippen LogP contribution in [0.2, 0.25) is 0 Å². The lowest BCUT2D eigenvalue weighted by Gasteiger charge is -2.48. The number of carbonyl (C=O) groups excluding carboxylic acids is 1. The summed E-state index contributed by atoms with van der Waals surface area (Å²) in [6.07, 6.45) is 8.47. The number of β-amino-alcohol motifs (C(OH)–C–C–N with tert-alkyl or cyclic N) is 1. The van der Waals surface area contributed by atoms with Crippen molar-refractivity contribution in [2.24, 2.45) is 5.41 Å². The number of nitrogens with zero attached hydrogens (tertiary/aromatic N) is 1. The minimum absolute atomic E-state index is 0.0158. The molecule has 1 heterocycles. The number of benzene rings is 4. The van der Waals surface area contributed by atoms with E-state index in [2.05, 4.69) is 37.0 Å². The van der Waals surface area contributed by atoms with Crippen LogP contribution < -0.4 is 0 Å². The molecule has 2 fully saturated rings. The number of allylic oxidation sites excluding steroid dienone is 2. The van der Waals surface area contributed by atoms with Crippen LogP contribution in [0.25, 0.3) is 0 Å². The van der Waals surface area contributed by atoms with E-state index in [1.807, 2.05) is 97.1 Å². The molecule has 0 aromatic heterocycles. The number of fused-ring (bicyclic) bond motifs is 8. The molecule has 266 valence electrons. The van der Waals surface area contributed by atoms with E-state index in [-0.39, 0.29) is 17.7 Å². The standard InChI is InChI=1S/C46H53NO4/c1-33-14-12-27-44(2)41(39-25-23-34(30-38(48)24-22-33)31-40(39)43(49)35-15-6-3-7-16-35)26-28-45(44,50)32-47-29-13-21-42(47)46(51,36-17-8-4-9-18-36)37-19-10-5-11-20-37/h3-11,14-20,23,25,31,38,41-42,48,50-51H,12-13,21-22,24,26-30,32H2,1-2H3. The summed E-state index contributed by atoms with van der Waals surface area (Å²) >= 11 is 0. The van der Waals surface area contributed by atoms with Crippen LogP contribution in [0.3, 0.4) is 0 Å². The summed E-state index contributed by atoms with van der Waals surface area (Å²) in [4.78, 5) is 16.7. The number of likely N-dealkylation sites (tertiary alicyclic amines) is 1. The molecule has 1 saturated carbocycles. The number of hydrogen-bond acceptors (Lipinski definition) is 5. The highest BCUT2D eigenvalue weighted by Gasteiger charge is 2.59. The molecule has 0 amide bonds. The number of aliphatic hydroxyl groups is 3. The van der Waals surface area contributed by atoms with Gasteiger partial charge in [-0.1, -0.05) is 122 Å². The van der Waals surface area contributed by atoms with E-state index in [1.165, 1.54) is 5.57 Å². The summed E-state index contributed by atoms with van der Waals surface area (Å²) in [5.74, 6) is -0.0677. The van der Waals surface area contributed by atoms with Crippen LogP contribution in [-0.2, 0) is 12.0 Å². The number of aliphatic hydroxyl groups excluding tert-OH is 1. The molecule has 8 rings (SSSR count). The van der Waals surface area contributed by atoms with E-state index in [9.17, 15) is 20.1 Å². The minimum Gasteiger partial charge on any atom is -0.393 e. The summed E-state index contributed by atoms with van der Waals surface area (Å²) in [5.41, 5.74) is 3.41. The van der Waals surface area contributed by atoms with E-state index >= 15 is 0 Å². The number of carbonyl (C=O) groups is 1. The predicted octanol–water partition coefficient (Wildman–Crippen LogP) is 8.36. The van der Waals surface area contributed by atoms with Crippen molar-refractivity contribution in [1.82, 2.24) is 4.90 Å². The van der Waals surface area contributed by atoms with Gasteiger partial charge in [0, 0.05) is 29.1 Å². The van der Waals surface area contributed by atoms with Crippen molar-refractivity contribution in [2.45, 2.75) is 101 Å². The maximum atomic E-state index is 14.3. The first-order valence-corrected chi connectivity index (χ1v) is 19.0. The van der Waals surface area contributed by atoms with Gasteiger partial charge in [-0.05, 0) is 105 Å². The molecule has 3 N–H and O–H groups in total. The molecule has 1 saturated heterocycles. The Balaban J connectivity index is 1.30. The molecule has 0 radical (unpaired) electrons. The normalized spacial score (nSPS) is 27.5. The second-order valence-corrected chi connectivity index (χ2v) is 15.8. The summed E-state index contributed by atoms with van der Waals surface area (Å²) in [5, 5.41) is 37.0. The highest BCUT2D eigenvalue weighted by atomic mass is 16.3. The molecule has 5 heteroatoms. The van der Waals surface area contributed by atoms with Crippen molar-refractivity contribution in [1.29, 1.82) is 0 Å². The molecular formula is C46H53NO4. The lowest BCUT2D eigenvalue weighted by Crippen LogP contribution is -2.57. The third-order valence-corrected chi connectivity index (χ3v) is 12.7. The van der Waals surface area contributed by atoms with Crippen molar-refractivity contribution < 1.29 is 20.1 Å². The van der Waals surface area contributed by atoms with Crippen molar-refractivity contribution in [3.05, 3.63) is 154 Å². The van der Waals surface area contributed by atoms with Gasteiger partial charge in [0.25, 0.3) is 0 Å². The second kappa shape index (κ2) is 14.6. The van der Waals surface area contributed by atoms with E-state index in [0.29, 0.717) is 36.9 Å². The average Bonchev–Trinajstić information content (AvgIpc) is 3.72. The van der Waals surface area contributed by atoms with Crippen molar-refractivity contribution in [3.8, 4) is 0 Å². The predicted molar refractivity (Wildman–Crippen MR) is 204 cm³/mol. The van der Waals surface area contributed by atoms with Gasteiger partial charge in [-0.3, -0.25) is 9.69 Å². The molecule has 5 nitrogen and oxygen atoms in total. The van der Waals surface area contributed by atoms with Gasteiger partial charge in [-0.15, -0.1) is 0 Å². The monoisotopic (exact) mass is 683 g/mol. The SMILES string of the molecule is CC1=CCCC2(C)C(CCC2(O)CN2CCCC2C(O)(c2ccccc2)c2ccccc2)c2ccc(cc2C(=O)c2ccccc2)CC(O)CC1. The Morgan fingerprint density at radius 1 is 0.863 bits per heavy atom. The number of rotatable bonds is 7. The third-order valence-electron chi connectivity index (χ3n) is 12.7. The largest absolute Gasteiger partial charge is 0.393 e. The first-order chi connectivity index (χ1) is 24.6. The number of ketones is 1. The minimum atomic E-state index is -1.24. The smallest absolute Gasteiger partial charge is 0.193 e. The molecule has 5 atom stereocenters. The molecule has 4 aromatic carbocycles. The fourth-order valence-corrected chi connectivity index (χ4v) is 9.70. The molecule has 4 aromatic rings. The molecule has 51 heavy (non-hydrogen) atoms. The molecule has 4 aliphatic rings. The van der Waals surface area contributed by atoms with Gasteiger partial charge in [0.05, 0.1) is 11.7 Å². The first-order valence-electron chi connectivity index (χ1n) is 19.0. The highest BCUT2D eigenvalue weighted by Crippen LogP contribution is 2.59. The van der Waals surface area contributed by atoms with Gasteiger partial charge in [0.15, 0.2) is 5.78 Å². The quantitative estimate of drug-likeness (QED) is 0.135. The zero-order valence-electron chi connectivity index (χ0n) is 30.2. The highest BCUT2D eigenvalue weighted by molar-refractivity contribution is 6.10. The first kappa shape index (κ1) is 35.5. The van der Waals surface area contributed by atoms with Crippen LogP contribution in [0.15, 0.2) is 121 Å². The Hall–Kier alpha value is -3.87. The van der Waals surface area contributed by atoms with Crippen LogP contribution in [-0.4, -0.2) is 56.8 Å². The molecule has 1 aliphatic heterocycles. The maximum Gasteiger partial charge on any atom is 0.193 e. The Morgan fingerprint density at radius 3 is 2.18 bits per heavy atom. The van der Waals surface area contributed by atoms with Gasteiger partial charge >= 0.3 is 0 Å². The maximum absolute atomic E-state index is 14.3. The van der Waals surface area contributed by atoms with Crippen molar-refractivity contribution >= 4 is 5.78 Å². The van der Waals surface area contributed by atoms with E-state index in [1.54, 1.807) is 0 Å². The molecule has 3 aliphatic carbocycles. The molecule has 2 bridgehead atoms. The van der Waals surface area contributed by atoms with E-state index < -0.39 is 22.7 Å². The summed E-state index contributed by atoms with van der Waals surface area (Å²) < 4.78 is 0. The average molecular weight is 684 g/mol. The van der Waals surface area contributed by atoms with Crippen LogP contribution >= 0.6 is 0 Å². The van der Waals surface area contributed by atoms with Gasteiger partial charge in [0.2, 0.25) is 0 Å². The van der Waals surface area contributed by atoms with Crippen LogP contribution in [0.1, 0.15) is 109 Å². The Morgan fingerprint density at radius 2 is 1.51 bits per heavy atom. The van der Waals surface area contributed by atoms with E-state index in [0.717, 1.165) is 67.3 Å². The molecular weight excluding hydrogens is 631 g/mol. The zero-order valence-corrected chi connectivity index (χ0v) is 30.2. The van der Waals surface area contributed by atoms with Crippen LogP contribution in [0.4, 0.5) is 0 Å². The van der Waals surface area contributed by atoms with Crippen LogP contribution in [0.5, 0.6) is 0 Å². The van der Waals surface area contributed by atoms with Gasteiger partial charge in [0.1, 0.15) is 5.60 Å². The summed E-state index contributed by atoms with van der Waals surface area (Å²) in [6, 6.07) is 35.5. The lowest BCUT2D eigenvalue weighted by molar-refractivity contribution is -0.101. The summed E-state index contributed by atoms with van der Waals surface area (Å²) in [6.45, 7) is 5.64. The third kappa shape index (κ3) is 6.78. The van der Waals surface area contributed by atoms with Gasteiger partial charge in [-0.2, -0.15) is 0 Å². The number of hydrogen-bond donors (Lipinski definition) is 3. The Labute approximate surface area is 303 Å². The van der Waals surface area contributed by atoms with Gasteiger partial charge < -0.3 is 15.3 Å². The molecule has 5 unspecified atom stereocenters. The van der Waals surface area contributed by atoms with E-state index in [4.69, 9.17) is 0 Å². The topological polar surface area (TPSA) is 81.0 Å². The summed E-state index contributed by atoms with van der Waals surface area (Å²) in [7, 11) is 0. The fraction of sp³-hybridized carbons (Fsp3) is 0.413. The van der Waals surface area contributed by atoms with Crippen molar-refractivity contribution in [2.75, 3.05) is 13.1 Å². The van der Waals surface area contributed by atoms with Gasteiger partial charge in [-0.25, -0.2) is 0 Å². The lowest BCUT2D eigenvalue weighted by atomic mass is 9.64.